The topological polar surface area (TPSA) is 89.4 Å². The Morgan fingerprint density at radius 2 is 1.65 bits per heavy atom. The van der Waals surface area contributed by atoms with Crippen molar-refractivity contribution in [1.29, 1.82) is 0 Å². The van der Waals surface area contributed by atoms with Crippen molar-refractivity contribution in [2.24, 2.45) is 0 Å². The predicted molar refractivity (Wildman–Crippen MR) is 155 cm³/mol. The van der Waals surface area contributed by atoms with Crippen molar-refractivity contribution in [3.05, 3.63) is 119 Å². The number of rotatable bonds is 9. The lowest BCUT2D eigenvalue weighted by Gasteiger charge is -2.32. The van der Waals surface area contributed by atoms with Crippen molar-refractivity contribution in [3.8, 4) is 5.75 Å². The van der Waals surface area contributed by atoms with E-state index in [2.05, 4.69) is 15.6 Å². The first-order valence-corrected chi connectivity index (χ1v) is 13.1. The van der Waals surface area contributed by atoms with Crippen LogP contribution in [0.15, 0.2) is 97.1 Å². The summed E-state index contributed by atoms with van der Waals surface area (Å²) in [5.41, 5.74) is 4.56. The summed E-state index contributed by atoms with van der Waals surface area (Å²) in [5.74, 6) is 0.0188. The van der Waals surface area contributed by atoms with Gasteiger partial charge in [-0.25, -0.2) is 4.68 Å². The number of amides is 2. The number of anilines is 1. The molecule has 0 unspecified atom stereocenters. The van der Waals surface area contributed by atoms with Crippen molar-refractivity contribution < 1.29 is 14.3 Å². The zero-order chi connectivity index (χ0) is 28.1. The maximum Gasteiger partial charge on any atom is 0.251 e. The summed E-state index contributed by atoms with van der Waals surface area (Å²) in [6.45, 7) is 2.10. The number of carbonyl (C=O) groups is 2. The second kappa shape index (κ2) is 12.0. The number of nitrogens with one attached hydrogen (secondary N) is 1. The summed E-state index contributed by atoms with van der Waals surface area (Å²) in [6, 6.07) is 28.3. The molecular weight excluding hydrogens is 526 g/mol. The normalized spacial score (nSPS) is 11.7. The van der Waals surface area contributed by atoms with Gasteiger partial charge in [0.15, 0.2) is 0 Å². The van der Waals surface area contributed by atoms with Crippen molar-refractivity contribution in [3.63, 3.8) is 0 Å². The minimum absolute atomic E-state index is 0.0910. The van der Waals surface area contributed by atoms with Crippen molar-refractivity contribution in [1.82, 2.24) is 19.9 Å². The molecule has 2 amide bonds. The van der Waals surface area contributed by atoms with Crippen LogP contribution in [0, 0.1) is 6.92 Å². The molecule has 0 fully saturated rings. The molecule has 1 N–H and O–H groups in total. The van der Waals surface area contributed by atoms with Gasteiger partial charge < -0.3 is 15.0 Å². The van der Waals surface area contributed by atoms with Gasteiger partial charge in [0, 0.05) is 17.3 Å². The molecule has 5 aromatic rings. The zero-order valence-corrected chi connectivity index (χ0v) is 22.9. The first-order chi connectivity index (χ1) is 19.4. The van der Waals surface area contributed by atoms with Crippen LogP contribution in [0.4, 0.5) is 5.69 Å². The monoisotopic (exact) mass is 553 g/mol. The third kappa shape index (κ3) is 5.97. The largest absolute Gasteiger partial charge is 0.497 e. The highest BCUT2D eigenvalue weighted by Gasteiger charge is 2.32. The fourth-order valence-corrected chi connectivity index (χ4v) is 4.68. The maximum absolute atomic E-state index is 14.1. The SMILES string of the molecule is COc1ccc(NC(=O)[C@H](c2ccc(Cl)cc2)N(Cc2ccccc2C)C(=O)Cn2nnc3ccccc32)cc1. The molecule has 0 aliphatic rings. The third-order valence-corrected chi connectivity index (χ3v) is 6.98. The van der Waals surface area contributed by atoms with Gasteiger partial charge in [0.25, 0.3) is 5.91 Å². The van der Waals surface area contributed by atoms with E-state index in [-0.39, 0.29) is 24.9 Å². The molecule has 8 nitrogen and oxygen atoms in total. The van der Waals surface area contributed by atoms with Gasteiger partial charge in [-0.15, -0.1) is 5.10 Å². The number of carbonyl (C=O) groups excluding carboxylic acids is 2. The van der Waals surface area contributed by atoms with E-state index in [4.69, 9.17) is 16.3 Å². The van der Waals surface area contributed by atoms with E-state index in [1.807, 2.05) is 55.5 Å². The first kappa shape index (κ1) is 26.9. The Balaban J connectivity index is 1.55. The van der Waals surface area contributed by atoms with E-state index in [1.165, 1.54) is 0 Å². The van der Waals surface area contributed by atoms with Crippen molar-refractivity contribution in [2.75, 3.05) is 12.4 Å². The maximum atomic E-state index is 14.1. The lowest BCUT2D eigenvalue weighted by Crippen LogP contribution is -2.42. The van der Waals surface area contributed by atoms with Crippen LogP contribution >= 0.6 is 11.6 Å². The Morgan fingerprint density at radius 3 is 2.38 bits per heavy atom. The molecule has 0 aliphatic heterocycles. The van der Waals surface area contributed by atoms with Crippen LogP contribution in [0.2, 0.25) is 5.02 Å². The van der Waals surface area contributed by atoms with Crippen LogP contribution < -0.4 is 10.1 Å². The molecule has 0 saturated carbocycles. The fraction of sp³-hybridized carbons (Fsp3) is 0.161. The molecule has 1 heterocycles. The molecule has 0 spiro atoms. The van der Waals surface area contributed by atoms with Gasteiger partial charge in [-0.05, 0) is 72.1 Å². The second-order valence-corrected chi connectivity index (χ2v) is 9.79. The van der Waals surface area contributed by atoms with Crippen LogP contribution in [-0.4, -0.2) is 38.8 Å². The first-order valence-electron chi connectivity index (χ1n) is 12.8. The third-order valence-electron chi connectivity index (χ3n) is 6.73. The summed E-state index contributed by atoms with van der Waals surface area (Å²) < 4.78 is 6.80. The molecule has 9 heteroatoms. The van der Waals surface area contributed by atoms with E-state index in [9.17, 15) is 9.59 Å². The average Bonchev–Trinajstić information content (AvgIpc) is 3.37. The van der Waals surface area contributed by atoms with Crippen molar-refractivity contribution in [2.45, 2.75) is 26.1 Å². The molecule has 40 heavy (non-hydrogen) atoms. The van der Waals surface area contributed by atoms with Crippen LogP contribution in [0.3, 0.4) is 0 Å². The van der Waals surface area contributed by atoms with Gasteiger partial charge in [0.05, 0.1) is 12.6 Å². The lowest BCUT2D eigenvalue weighted by molar-refractivity contribution is -0.140. The molecule has 4 aromatic carbocycles. The number of nitrogens with zero attached hydrogens (tertiary/aromatic N) is 4. The molecule has 0 aliphatic carbocycles. The Morgan fingerprint density at radius 1 is 0.950 bits per heavy atom. The van der Waals surface area contributed by atoms with Gasteiger partial charge in [0.2, 0.25) is 5.91 Å². The van der Waals surface area contributed by atoms with Crippen LogP contribution in [0.25, 0.3) is 11.0 Å². The van der Waals surface area contributed by atoms with Gasteiger partial charge in [-0.2, -0.15) is 0 Å². The second-order valence-electron chi connectivity index (χ2n) is 9.36. The lowest BCUT2D eigenvalue weighted by atomic mass is 10.0. The highest BCUT2D eigenvalue weighted by atomic mass is 35.5. The molecule has 1 atom stereocenters. The van der Waals surface area contributed by atoms with Gasteiger partial charge in [-0.1, -0.05) is 65.3 Å². The number of aromatic nitrogens is 3. The number of ether oxygens (including phenoxy) is 1. The number of aryl methyl sites for hydroxylation is 1. The van der Waals surface area contributed by atoms with E-state index < -0.39 is 6.04 Å². The van der Waals surface area contributed by atoms with Crippen LogP contribution in [0.5, 0.6) is 5.75 Å². The minimum atomic E-state index is -0.957. The van der Waals surface area contributed by atoms with E-state index in [1.54, 1.807) is 65.2 Å². The number of hydrogen-bond donors (Lipinski definition) is 1. The predicted octanol–water partition coefficient (Wildman–Crippen LogP) is 5.81. The van der Waals surface area contributed by atoms with E-state index in [0.29, 0.717) is 27.5 Å². The smallest absolute Gasteiger partial charge is 0.251 e. The summed E-state index contributed by atoms with van der Waals surface area (Å²) >= 11 is 6.19. The summed E-state index contributed by atoms with van der Waals surface area (Å²) in [4.78, 5) is 29.7. The Bertz CT molecular complexity index is 1630. The number of hydrogen-bond acceptors (Lipinski definition) is 5. The molecule has 1 aromatic heterocycles. The number of methoxy groups -OCH3 is 1. The molecular formula is C31H28ClN5O3. The molecule has 0 saturated heterocycles. The zero-order valence-electron chi connectivity index (χ0n) is 22.1. The summed E-state index contributed by atoms with van der Waals surface area (Å²) in [6.07, 6.45) is 0. The molecule has 0 radical (unpaired) electrons. The van der Waals surface area contributed by atoms with Crippen LogP contribution in [0.1, 0.15) is 22.7 Å². The van der Waals surface area contributed by atoms with Gasteiger partial charge >= 0.3 is 0 Å². The molecule has 202 valence electrons. The van der Waals surface area contributed by atoms with Crippen molar-refractivity contribution >= 4 is 40.1 Å². The standard InChI is InChI=1S/C31H28ClN5O3/c1-21-7-3-4-8-23(21)19-36(29(38)20-37-28-10-6-5-9-27(28)34-35-37)30(22-11-13-24(32)14-12-22)31(39)33-25-15-17-26(40-2)18-16-25/h3-18,30H,19-20H2,1-2H3,(H,33,39)/t30-/m0/s1. The minimum Gasteiger partial charge on any atom is -0.497 e. The Hall–Kier alpha value is -4.69. The Labute approximate surface area is 237 Å². The summed E-state index contributed by atoms with van der Waals surface area (Å²) in [7, 11) is 1.58. The number of para-hydroxylation sites is 1. The van der Waals surface area contributed by atoms with E-state index >= 15 is 0 Å². The highest BCUT2D eigenvalue weighted by Crippen LogP contribution is 2.28. The number of fused-ring (bicyclic) bond motifs is 1. The molecule has 5 rings (SSSR count). The highest BCUT2D eigenvalue weighted by molar-refractivity contribution is 6.30. The molecule has 0 bridgehead atoms. The van der Waals surface area contributed by atoms with Crippen LogP contribution in [-0.2, 0) is 22.7 Å². The van der Waals surface area contributed by atoms with Gasteiger partial charge in [0.1, 0.15) is 23.9 Å². The fourth-order valence-electron chi connectivity index (χ4n) is 4.55. The Kier molecular flexibility index (Phi) is 8.07. The van der Waals surface area contributed by atoms with Gasteiger partial charge in [-0.3, -0.25) is 9.59 Å². The average molecular weight is 554 g/mol. The summed E-state index contributed by atoms with van der Waals surface area (Å²) in [5, 5.41) is 11.9. The number of halogens is 1. The van der Waals surface area contributed by atoms with E-state index in [0.717, 1.165) is 16.6 Å². The quantitative estimate of drug-likeness (QED) is 0.249. The number of benzene rings is 4.